The Balaban J connectivity index is 2.28. The van der Waals surface area contributed by atoms with Gasteiger partial charge in [0.2, 0.25) is 0 Å². The zero-order valence-electron chi connectivity index (χ0n) is 10.3. The van der Waals surface area contributed by atoms with E-state index in [1.807, 2.05) is 48.5 Å². The van der Waals surface area contributed by atoms with Crippen LogP contribution in [0.5, 0.6) is 17.2 Å². The number of aliphatic hydroxyl groups excluding tert-OH is 1. The zero-order chi connectivity index (χ0) is 12.8. The molecule has 2 rings (SSSR count). The van der Waals surface area contributed by atoms with Gasteiger partial charge < -0.3 is 14.6 Å². The first kappa shape index (κ1) is 12.5. The first-order chi connectivity index (χ1) is 8.85. The number of para-hydroxylation sites is 3. The molecule has 0 saturated carbocycles. The molecule has 0 fully saturated rings. The summed E-state index contributed by atoms with van der Waals surface area (Å²) in [5, 5.41) is 9.03. The fourth-order valence-electron chi connectivity index (χ4n) is 1.75. The molecule has 0 aliphatic carbocycles. The first-order valence-electron chi connectivity index (χ1n) is 5.85. The van der Waals surface area contributed by atoms with E-state index < -0.39 is 0 Å². The van der Waals surface area contributed by atoms with E-state index >= 15 is 0 Å². The van der Waals surface area contributed by atoms with E-state index in [-0.39, 0.29) is 6.61 Å². The van der Waals surface area contributed by atoms with Crippen LogP contribution in [0.1, 0.15) is 5.56 Å². The van der Waals surface area contributed by atoms with Crippen LogP contribution in [0.2, 0.25) is 0 Å². The Kier molecular flexibility index (Phi) is 4.20. The summed E-state index contributed by atoms with van der Waals surface area (Å²) in [6, 6.07) is 15.2. The third-order valence-corrected chi connectivity index (χ3v) is 2.64. The summed E-state index contributed by atoms with van der Waals surface area (Å²) >= 11 is 0. The van der Waals surface area contributed by atoms with E-state index in [2.05, 4.69) is 0 Å². The molecule has 0 heterocycles. The molecule has 3 heteroatoms. The lowest BCUT2D eigenvalue weighted by atomic mass is 10.1. The molecule has 0 saturated heterocycles. The maximum atomic E-state index is 9.03. The number of hydrogen-bond acceptors (Lipinski definition) is 3. The highest BCUT2D eigenvalue weighted by Crippen LogP contribution is 2.32. The molecule has 0 aliphatic heterocycles. The summed E-state index contributed by atoms with van der Waals surface area (Å²) in [6.45, 7) is 0.103. The lowest BCUT2D eigenvalue weighted by Crippen LogP contribution is -1.96. The highest BCUT2D eigenvalue weighted by Gasteiger charge is 2.07. The summed E-state index contributed by atoms with van der Waals surface area (Å²) < 4.78 is 11.1. The molecular formula is C15H16O3. The molecular weight excluding hydrogens is 228 g/mol. The molecule has 2 aromatic rings. The highest BCUT2D eigenvalue weighted by atomic mass is 16.5. The Labute approximate surface area is 107 Å². The van der Waals surface area contributed by atoms with Gasteiger partial charge in [-0.05, 0) is 30.2 Å². The third kappa shape index (κ3) is 2.81. The van der Waals surface area contributed by atoms with Gasteiger partial charge in [-0.1, -0.05) is 30.3 Å². The molecule has 94 valence electrons. The minimum Gasteiger partial charge on any atom is -0.493 e. The normalized spacial score (nSPS) is 10.1. The van der Waals surface area contributed by atoms with Gasteiger partial charge in [0.15, 0.2) is 11.5 Å². The van der Waals surface area contributed by atoms with Crippen molar-refractivity contribution in [2.24, 2.45) is 0 Å². The van der Waals surface area contributed by atoms with Crippen molar-refractivity contribution in [1.29, 1.82) is 0 Å². The van der Waals surface area contributed by atoms with Gasteiger partial charge in [0.05, 0.1) is 7.11 Å². The molecule has 0 atom stereocenters. The van der Waals surface area contributed by atoms with Crippen molar-refractivity contribution in [3.8, 4) is 17.2 Å². The van der Waals surface area contributed by atoms with E-state index in [1.165, 1.54) is 0 Å². The average Bonchev–Trinajstić information content (AvgIpc) is 2.42. The van der Waals surface area contributed by atoms with Crippen molar-refractivity contribution in [3.05, 3.63) is 54.1 Å². The monoisotopic (exact) mass is 244 g/mol. The number of rotatable bonds is 5. The van der Waals surface area contributed by atoms with Gasteiger partial charge in [-0.2, -0.15) is 0 Å². The van der Waals surface area contributed by atoms with Crippen LogP contribution in [0, 0.1) is 0 Å². The Morgan fingerprint density at radius 2 is 1.50 bits per heavy atom. The molecule has 0 radical (unpaired) electrons. The van der Waals surface area contributed by atoms with Gasteiger partial charge in [0.1, 0.15) is 5.75 Å². The molecule has 18 heavy (non-hydrogen) atoms. The van der Waals surface area contributed by atoms with Crippen molar-refractivity contribution in [3.63, 3.8) is 0 Å². The van der Waals surface area contributed by atoms with Crippen molar-refractivity contribution < 1.29 is 14.6 Å². The average molecular weight is 244 g/mol. The SMILES string of the molecule is COc1ccccc1Oc1ccccc1CCO. The molecule has 1 N–H and O–H groups in total. The van der Waals surface area contributed by atoms with Crippen LogP contribution in [0.3, 0.4) is 0 Å². The van der Waals surface area contributed by atoms with Crippen LogP contribution in [0.4, 0.5) is 0 Å². The van der Waals surface area contributed by atoms with E-state index in [1.54, 1.807) is 7.11 Å². The molecule has 0 aromatic heterocycles. The summed E-state index contributed by atoms with van der Waals surface area (Å²) in [4.78, 5) is 0. The molecule has 0 aliphatic rings. The molecule has 0 unspecified atom stereocenters. The number of hydrogen-bond donors (Lipinski definition) is 1. The molecule has 3 nitrogen and oxygen atoms in total. The van der Waals surface area contributed by atoms with E-state index in [9.17, 15) is 0 Å². The van der Waals surface area contributed by atoms with Crippen LogP contribution in [-0.2, 0) is 6.42 Å². The van der Waals surface area contributed by atoms with Gasteiger partial charge in [0, 0.05) is 6.61 Å². The van der Waals surface area contributed by atoms with Crippen LogP contribution < -0.4 is 9.47 Å². The third-order valence-electron chi connectivity index (χ3n) is 2.64. The zero-order valence-corrected chi connectivity index (χ0v) is 10.3. The second-order valence-corrected chi connectivity index (χ2v) is 3.83. The first-order valence-corrected chi connectivity index (χ1v) is 5.85. The van der Waals surface area contributed by atoms with Crippen LogP contribution in [-0.4, -0.2) is 18.8 Å². The minimum absolute atomic E-state index is 0.103. The van der Waals surface area contributed by atoms with E-state index in [0.717, 1.165) is 11.3 Å². The van der Waals surface area contributed by atoms with Crippen molar-refractivity contribution in [2.75, 3.05) is 13.7 Å². The molecule has 0 spiro atoms. The maximum absolute atomic E-state index is 9.03. The lowest BCUT2D eigenvalue weighted by Gasteiger charge is -2.12. The van der Waals surface area contributed by atoms with Crippen molar-refractivity contribution >= 4 is 0 Å². The van der Waals surface area contributed by atoms with E-state index in [4.69, 9.17) is 14.6 Å². The fraction of sp³-hybridized carbons (Fsp3) is 0.200. The largest absolute Gasteiger partial charge is 0.493 e. The van der Waals surface area contributed by atoms with Crippen molar-refractivity contribution in [2.45, 2.75) is 6.42 Å². The molecule has 2 aromatic carbocycles. The quantitative estimate of drug-likeness (QED) is 0.878. The van der Waals surface area contributed by atoms with Crippen molar-refractivity contribution in [1.82, 2.24) is 0 Å². The predicted molar refractivity (Wildman–Crippen MR) is 70.3 cm³/mol. The predicted octanol–water partition coefficient (Wildman–Crippen LogP) is 3.02. The van der Waals surface area contributed by atoms with E-state index in [0.29, 0.717) is 17.9 Å². The minimum atomic E-state index is 0.103. The number of ether oxygens (including phenoxy) is 2. The van der Waals surface area contributed by atoms with Crippen LogP contribution in [0.15, 0.2) is 48.5 Å². The van der Waals surface area contributed by atoms with Crippen LogP contribution in [0.25, 0.3) is 0 Å². The fourth-order valence-corrected chi connectivity index (χ4v) is 1.75. The smallest absolute Gasteiger partial charge is 0.169 e. The van der Waals surface area contributed by atoms with Gasteiger partial charge in [-0.3, -0.25) is 0 Å². The Hall–Kier alpha value is -2.00. The Bertz CT molecular complexity index is 509. The second kappa shape index (κ2) is 6.07. The topological polar surface area (TPSA) is 38.7 Å². The summed E-state index contributed by atoms with van der Waals surface area (Å²) in [5.41, 5.74) is 0.978. The second-order valence-electron chi connectivity index (χ2n) is 3.83. The van der Waals surface area contributed by atoms with Gasteiger partial charge in [0.25, 0.3) is 0 Å². The molecule has 0 amide bonds. The summed E-state index contributed by atoms with van der Waals surface area (Å²) in [7, 11) is 1.61. The lowest BCUT2D eigenvalue weighted by molar-refractivity contribution is 0.297. The number of benzene rings is 2. The standard InChI is InChI=1S/C15H16O3/c1-17-14-8-4-5-9-15(14)18-13-7-3-2-6-12(13)10-11-16/h2-9,16H,10-11H2,1H3. The summed E-state index contributed by atoms with van der Waals surface area (Å²) in [5.74, 6) is 2.11. The molecule has 0 bridgehead atoms. The summed E-state index contributed by atoms with van der Waals surface area (Å²) in [6.07, 6.45) is 0.575. The van der Waals surface area contributed by atoms with Gasteiger partial charge in [-0.25, -0.2) is 0 Å². The number of aliphatic hydroxyl groups is 1. The maximum Gasteiger partial charge on any atom is 0.169 e. The Morgan fingerprint density at radius 3 is 2.17 bits per heavy atom. The van der Waals surface area contributed by atoms with Gasteiger partial charge in [-0.15, -0.1) is 0 Å². The Morgan fingerprint density at radius 1 is 0.889 bits per heavy atom. The van der Waals surface area contributed by atoms with Gasteiger partial charge >= 0.3 is 0 Å². The van der Waals surface area contributed by atoms with Crippen LogP contribution >= 0.6 is 0 Å². The number of methoxy groups -OCH3 is 1. The highest BCUT2D eigenvalue weighted by molar-refractivity contribution is 5.44.